The summed E-state index contributed by atoms with van der Waals surface area (Å²) in [6.45, 7) is 8.34. The molecular weight excluding hydrogens is 685 g/mol. The van der Waals surface area contributed by atoms with Crippen LogP contribution in [0.3, 0.4) is 0 Å². The summed E-state index contributed by atoms with van der Waals surface area (Å²) in [5, 5.41) is 2.28. The predicted molar refractivity (Wildman–Crippen MR) is 227 cm³/mol. The first kappa shape index (κ1) is 33.4. The number of aromatic nitrogens is 6. The van der Waals surface area contributed by atoms with Gasteiger partial charge in [-0.2, -0.15) is 0 Å². The highest BCUT2D eigenvalue weighted by molar-refractivity contribution is 6.18. The minimum atomic E-state index is 0.634. The van der Waals surface area contributed by atoms with Crippen molar-refractivity contribution in [2.45, 2.75) is 27.7 Å². The van der Waals surface area contributed by atoms with E-state index >= 15 is 0 Å². The molecule has 0 aliphatic heterocycles. The van der Waals surface area contributed by atoms with Gasteiger partial charge in [0.25, 0.3) is 0 Å². The smallest absolute Gasteiger partial charge is 0.164 e. The molecule has 1 aliphatic carbocycles. The molecule has 0 fully saturated rings. The molecule has 2 heterocycles. The van der Waals surface area contributed by atoms with Gasteiger partial charge in [-0.05, 0) is 72.9 Å². The van der Waals surface area contributed by atoms with Gasteiger partial charge in [0.1, 0.15) is 0 Å². The molecule has 0 bridgehead atoms. The van der Waals surface area contributed by atoms with Crippen molar-refractivity contribution in [1.29, 1.82) is 0 Å². The fourth-order valence-electron chi connectivity index (χ4n) is 7.52. The molecule has 0 saturated heterocycles. The Balaban J connectivity index is 1.11. The van der Waals surface area contributed by atoms with Gasteiger partial charge in [-0.3, -0.25) is 0 Å². The van der Waals surface area contributed by atoms with E-state index in [0.29, 0.717) is 34.9 Å². The Kier molecular flexibility index (Phi) is 7.92. The quantitative estimate of drug-likeness (QED) is 0.170. The largest absolute Gasteiger partial charge is 0.208 e. The van der Waals surface area contributed by atoms with E-state index in [0.717, 1.165) is 49.9 Å². The third-order valence-electron chi connectivity index (χ3n) is 10.6. The first-order valence-electron chi connectivity index (χ1n) is 18.9. The van der Waals surface area contributed by atoms with Gasteiger partial charge in [-0.1, -0.05) is 156 Å². The Hall–Kier alpha value is -7.18. The second kappa shape index (κ2) is 13.3. The molecule has 0 saturated carbocycles. The molecule has 0 spiro atoms. The zero-order chi connectivity index (χ0) is 37.9. The number of benzene rings is 7. The van der Waals surface area contributed by atoms with E-state index in [1.165, 1.54) is 38.8 Å². The summed E-state index contributed by atoms with van der Waals surface area (Å²) in [6, 6.07) is 50.8. The second-order valence-electron chi connectivity index (χ2n) is 14.7. The molecule has 0 atom stereocenters. The van der Waals surface area contributed by atoms with Crippen LogP contribution in [-0.4, -0.2) is 29.9 Å². The lowest BCUT2D eigenvalue weighted by atomic mass is 9.98. The van der Waals surface area contributed by atoms with Gasteiger partial charge in [-0.15, -0.1) is 0 Å². The van der Waals surface area contributed by atoms with Crippen LogP contribution in [-0.2, 0) is 0 Å². The molecule has 6 heteroatoms. The molecule has 0 N–H and O–H groups in total. The van der Waals surface area contributed by atoms with Gasteiger partial charge in [-0.25, -0.2) is 29.9 Å². The summed E-state index contributed by atoms with van der Waals surface area (Å²) in [5.41, 5.74) is 15.1. The number of hydrogen-bond acceptors (Lipinski definition) is 6. The van der Waals surface area contributed by atoms with Gasteiger partial charge in [0.05, 0.1) is 0 Å². The predicted octanol–water partition coefficient (Wildman–Crippen LogP) is 12.1. The molecule has 9 aromatic rings. The van der Waals surface area contributed by atoms with Crippen molar-refractivity contribution in [3.05, 3.63) is 168 Å². The number of nitrogens with zero attached hydrogens (tertiary/aromatic N) is 6. The SMILES string of the molecule is Cc1ccc(-c2nc(-c3ccc(C)cc3)nc(-c3ccc4c(c3)-c3cccc5c(-c6nc(-c7ccc(C)cc7)nc(-c7ccc(C)cc7)n6)ccc-4c35)n2)cc1. The van der Waals surface area contributed by atoms with Crippen LogP contribution in [0.25, 0.3) is 101 Å². The van der Waals surface area contributed by atoms with Crippen LogP contribution in [0.15, 0.2) is 146 Å². The molecule has 0 unspecified atom stereocenters. The Morgan fingerprint density at radius 3 is 1.05 bits per heavy atom. The second-order valence-corrected chi connectivity index (χ2v) is 14.7. The van der Waals surface area contributed by atoms with E-state index in [9.17, 15) is 0 Å². The van der Waals surface area contributed by atoms with Crippen molar-refractivity contribution in [3.8, 4) is 90.6 Å². The molecule has 7 aromatic carbocycles. The normalized spacial score (nSPS) is 11.6. The third kappa shape index (κ3) is 5.92. The van der Waals surface area contributed by atoms with Crippen molar-refractivity contribution in [3.63, 3.8) is 0 Å². The van der Waals surface area contributed by atoms with Crippen LogP contribution < -0.4 is 0 Å². The fourth-order valence-corrected chi connectivity index (χ4v) is 7.52. The monoisotopic (exact) mass is 720 g/mol. The topological polar surface area (TPSA) is 77.3 Å². The van der Waals surface area contributed by atoms with Gasteiger partial charge in [0.2, 0.25) is 0 Å². The van der Waals surface area contributed by atoms with E-state index in [-0.39, 0.29) is 0 Å². The highest BCUT2D eigenvalue weighted by Gasteiger charge is 2.25. The lowest BCUT2D eigenvalue weighted by Crippen LogP contribution is -2.00. The summed E-state index contributed by atoms with van der Waals surface area (Å²) >= 11 is 0. The van der Waals surface area contributed by atoms with Crippen molar-refractivity contribution < 1.29 is 0 Å². The summed E-state index contributed by atoms with van der Waals surface area (Å²) in [7, 11) is 0. The van der Waals surface area contributed by atoms with Crippen molar-refractivity contribution in [2.24, 2.45) is 0 Å². The van der Waals surface area contributed by atoms with Gasteiger partial charge in [0, 0.05) is 33.4 Å². The van der Waals surface area contributed by atoms with E-state index in [1.54, 1.807) is 0 Å². The highest BCUT2D eigenvalue weighted by atomic mass is 15.0. The number of aryl methyl sites for hydroxylation is 4. The van der Waals surface area contributed by atoms with Crippen molar-refractivity contribution in [1.82, 2.24) is 29.9 Å². The highest BCUT2D eigenvalue weighted by Crippen LogP contribution is 2.50. The lowest BCUT2D eigenvalue weighted by molar-refractivity contribution is 1.07. The maximum atomic E-state index is 5.11. The Morgan fingerprint density at radius 1 is 0.268 bits per heavy atom. The van der Waals surface area contributed by atoms with Gasteiger partial charge < -0.3 is 0 Å². The van der Waals surface area contributed by atoms with Crippen molar-refractivity contribution in [2.75, 3.05) is 0 Å². The Morgan fingerprint density at radius 2 is 0.607 bits per heavy atom. The molecule has 0 radical (unpaired) electrons. The van der Waals surface area contributed by atoms with Crippen LogP contribution in [0.1, 0.15) is 22.3 Å². The zero-order valence-corrected chi connectivity index (χ0v) is 31.5. The molecule has 1 aliphatic rings. The molecule has 266 valence electrons. The van der Waals surface area contributed by atoms with Crippen LogP contribution in [0.5, 0.6) is 0 Å². The summed E-state index contributed by atoms with van der Waals surface area (Å²) in [5.74, 6) is 3.87. The zero-order valence-electron chi connectivity index (χ0n) is 31.5. The Bertz CT molecular complexity index is 2840. The fraction of sp³-hybridized carbons (Fsp3) is 0.0800. The van der Waals surface area contributed by atoms with E-state index in [2.05, 4.69) is 173 Å². The van der Waals surface area contributed by atoms with E-state index in [1.807, 2.05) is 0 Å². The molecule has 6 nitrogen and oxygen atoms in total. The lowest BCUT2D eigenvalue weighted by Gasteiger charge is -2.12. The van der Waals surface area contributed by atoms with Gasteiger partial charge in [0.15, 0.2) is 34.9 Å². The molecule has 0 amide bonds. The number of rotatable bonds is 6. The maximum Gasteiger partial charge on any atom is 0.164 e. The standard InChI is InChI=1S/C50H36N6/c1-29-8-16-33(17-9-29)45-51-46(34-18-10-30(2)11-19-34)54-49(53-45)37-24-25-38-41-26-27-42(39-6-5-7-40(44(39)41)43(38)28-37)50-55-47(35-20-12-31(3)13-21-35)52-48(56-50)36-22-14-32(4)15-23-36/h5-28H,1-4H3. The van der Waals surface area contributed by atoms with Crippen LogP contribution in [0.4, 0.5) is 0 Å². The summed E-state index contributed by atoms with van der Waals surface area (Å²) in [4.78, 5) is 30.3. The van der Waals surface area contributed by atoms with Gasteiger partial charge >= 0.3 is 0 Å². The number of fused-ring (bicyclic) bond motifs is 3. The summed E-state index contributed by atoms with van der Waals surface area (Å²) in [6.07, 6.45) is 0. The average Bonchev–Trinajstić information content (AvgIpc) is 3.55. The van der Waals surface area contributed by atoms with E-state index < -0.39 is 0 Å². The molecule has 2 aromatic heterocycles. The Labute approximate surface area is 325 Å². The maximum absolute atomic E-state index is 5.11. The average molecular weight is 721 g/mol. The molecular formula is C50H36N6. The minimum Gasteiger partial charge on any atom is -0.208 e. The number of hydrogen-bond donors (Lipinski definition) is 0. The first-order chi connectivity index (χ1) is 27.3. The molecule has 10 rings (SSSR count). The van der Waals surface area contributed by atoms with Crippen LogP contribution in [0, 0.1) is 27.7 Å². The summed E-state index contributed by atoms with van der Waals surface area (Å²) < 4.78 is 0. The minimum absolute atomic E-state index is 0.634. The first-order valence-corrected chi connectivity index (χ1v) is 18.9. The van der Waals surface area contributed by atoms with Crippen molar-refractivity contribution >= 4 is 10.8 Å². The van der Waals surface area contributed by atoms with E-state index in [4.69, 9.17) is 29.9 Å². The van der Waals surface area contributed by atoms with Crippen LogP contribution in [0.2, 0.25) is 0 Å². The van der Waals surface area contributed by atoms with Crippen LogP contribution >= 0.6 is 0 Å². The molecule has 56 heavy (non-hydrogen) atoms. The third-order valence-corrected chi connectivity index (χ3v) is 10.6.